The number of piperazine rings is 1. The lowest BCUT2D eigenvalue weighted by Gasteiger charge is -2.35. The minimum absolute atomic E-state index is 0.00368. The number of β-amino-alcohol motifs (C(OH)–C–C–N with tert-alkyl or cyclic N) is 1. The first kappa shape index (κ1) is 21.9. The van der Waals surface area contributed by atoms with Crippen molar-refractivity contribution < 1.29 is 18.7 Å². The Bertz CT molecular complexity index is 898. The molecule has 31 heavy (non-hydrogen) atoms. The van der Waals surface area contributed by atoms with Crippen molar-refractivity contribution in [3.8, 4) is 0 Å². The van der Waals surface area contributed by atoms with Gasteiger partial charge in [-0.3, -0.25) is 14.6 Å². The van der Waals surface area contributed by atoms with Crippen LogP contribution < -0.4 is 4.90 Å². The normalized spacial score (nSPS) is 20.4. The van der Waals surface area contributed by atoms with Gasteiger partial charge >= 0.3 is 0 Å². The van der Waals surface area contributed by atoms with Gasteiger partial charge in [0.25, 0.3) is 0 Å². The van der Waals surface area contributed by atoms with Gasteiger partial charge in [0, 0.05) is 45.2 Å². The molecule has 2 aromatic carbocycles. The van der Waals surface area contributed by atoms with E-state index in [-0.39, 0.29) is 30.1 Å². The molecule has 2 aliphatic heterocycles. The Morgan fingerprint density at radius 1 is 0.935 bits per heavy atom. The van der Waals surface area contributed by atoms with E-state index in [1.54, 1.807) is 23.1 Å². The lowest BCUT2D eigenvalue weighted by Crippen LogP contribution is -2.50. The van der Waals surface area contributed by atoms with Crippen molar-refractivity contribution in [2.24, 2.45) is 0 Å². The van der Waals surface area contributed by atoms with E-state index in [2.05, 4.69) is 9.80 Å². The maximum Gasteiger partial charge on any atom is 0.241 e. The maximum absolute atomic E-state index is 14.2. The molecule has 2 aromatic rings. The first-order valence-corrected chi connectivity index (χ1v) is 11.0. The number of rotatable bonds is 5. The lowest BCUT2D eigenvalue weighted by molar-refractivity contribution is -0.120. The van der Waals surface area contributed by atoms with E-state index < -0.39 is 0 Å². The van der Waals surface area contributed by atoms with Gasteiger partial charge in [-0.15, -0.1) is 0 Å². The molecule has 2 heterocycles. The van der Waals surface area contributed by atoms with Crippen LogP contribution in [0.5, 0.6) is 0 Å². The molecule has 0 aromatic heterocycles. The third-order valence-corrected chi connectivity index (χ3v) is 6.35. The van der Waals surface area contributed by atoms with Crippen LogP contribution in [0.3, 0.4) is 0 Å². The second kappa shape index (κ2) is 9.85. The zero-order chi connectivity index (χ0) is 21.8. The van der Waals surface area contributed by atoms with Crippen molar-refractivity contribution in [1.29, 1.82) is 0 Å². The molecule has 166 valence electrons. The van der Waals surface area contributed by atoms with Gasteiger partial charge in [-0.2, -0.15) is 0 Å². The minimum Gasteiger partial charge on any atom is -0.395 e. The van der Waals surface area contributed by atoms with Gasteiger partial charge in [-0.1, -0.05) is 18.2 Å². The molecule has 1 atom stereocenters. The number of hydrogen-bond donors (Lipinski definition) is 1. The first-order valence-electron chi connectivity index (χ1n) is 11.0. The molecule has 5 nitrogen and oxygen atoms in total. The van der Waals surface area contributed by atoms with Crippen molar-refractivity contribution in [1.82, 2.24) is 9.80 Å². The number of carbonyl (C=O) groups is 1. The Morgan fingerprint density at radius 2 is 1.61 bits per heavy atom. The van der Waals surface area contributed by atoms with Gasteiger partial charge in [0.05, 0.1) is 18.8 Å². The largest absolute Gasteiger partial charge is 0.395 e. The molecule has 0 unspecified atom stereocenters. The van der Waals surface area contributed by atoms with Gasteiger partial charge in [0.2, 0.25) is 5.91 Å². The summed E-state index contributed by atoms with van der Waals surface area (Å²) in [6, 6.07) is 11.1. The van der Waals surface area contributed by atoms with Gasteiger partial charge in [-0.05, 0) is 48.2 Å². The Hall–Kier alpha value is -2.35. The predicted octanol–water partition coefficient (Wildman–Crippen LogP) is 2.83. The molecular weight excluding hydrogens is 400 g/mol. The van der Waals surface area contributed by atoms with Gasteiger partial charge in [0.15, 0.2) is 0 Å². The SMILES string of the molecule is O=C(CN1CCN(CCO)CC1)N1CCC[C@H](c2ccc(F)cc2)c2ccc(F)cc21. The van der Waals surface area contributed by atoms with Crippen LogP contribution in [0, 0.1) is 11.6 Å². The molecule has 1 amide bonds. The summed E-state index contributed by atoms with van der Waals surface area (Å²) in [5.74, 6) is -0.681. The van der Waals surface area contributed by atoms with E-state index in [0.717, 1.165) is 50.1 Å². The summed E-state index contributed by atoms with van der Waals surface area (Å²) in [5, 5.41) is 9.09. The highest BCUT2D eigenvalue weighted by Gasteiger charge is 2.29. The van der Waals surface area contributed by atoms with Crippen LogP contribution >= 0.6 is 0 Å². The van der Waals surface area contributed by atoms with Crippen LogP contribution in [0.1, 0.15) is 29.9 Å². The van der Waals surface area contributed by atoms with E-state index in [4.69, 9.17) is 5.11 Å². The molecule has 1 fully saturated rings. The van der Waals surface area contributed by atoms with Crippen LogP contribution in [-0.2, 0) is 4.79 Å². The third-order valence-electron chi connectivity index (χ3n) is 6.35. The van der Waals surface area contributed by atoms with E-state index in [1.807, 2.05) is 0 Å². The number of anilines is 1. The summed E-state index contributed by atoms with van der Waals surface area (Å²) in [6.45, 7) is 4.83. The average molecular weight is 430 g/mol. The van der Waals surface area contributed by atoms with E-state index in [9.17, 15) is 13.6 Å². The number of aliphatic hydroxyl groups excluding tert-OH is 1. The fourth-order valence-corrected chi connectivity index (χ4v) is 4.66. The number of benzene rings is 2. The van der Waals surface area contributed by atoms with Crippen molar-refractivity contribution in [3.05, 3.63) is 65.2 Å². The molecular formula is C24H29F2N3O2. The summed E-state index contributed by atoms with van der Waals surface area (Å²) in [7, 11) is 0. The third kappa shape index (κ3) is 5.11. The monoisotopic (exact) mass is 429 g/mol. The quantitative estimate of drug-likeness (QED) is 0.794. The molecule has 0 radical (unpaired) electrons. The minimum atomic E-state index is -0.367. The highest BCUT2D eigenvalue weighted by atomic mass is 19.1. The molecule has 0 saturated carbocycles. The van der Waals surface area contributed by atoms with E-state index >= 15 is 0 Å². The Morgan fingerprint density at radius 3 is 2.32 bits per heavy atom. The van der Waals surface area contributed by atoms with Crippen molar-refractivity contribution >= 4 is 11.6 Å². The highest BCUT2D eigenvalue weighted by Crippen LogP contribution is 2.39. The predicted molar refractivity (Wildman–Crippen MR) is 116 cm³/mol. The van der Waals surface area contributed by atoms with E-state index in [1.165, 1.54) is 24.3 Å². The zero-order valence-corrected chi connectivity index (χ0v) is 17.6. The van der Waals surface area contributed by atoms with Crippen molar-refractivity contribution in [3.63, 3.8) is 0 Å². The molecule has 1 saturated heterocycles. The topological polar surface area (TPSA) is 47.0 Å². The molecule has 4 rings (SSSR count). The van der Waals surface area contributed by atoms with Crippen LogP contribution in [0.15, 0.2) is 42.5 Å². The van der Waals surface area contributed by atoms with Crippen molar-refractivity contribution in [2.45, 2.75) is 18.8 Å². The fraction of sp³-hybridized carbons (Fsp3) is 0.458. The Kier molecular flexibility index (Phi) is 6.95. The van der Waals surface area contributed by atoms with Crippen LogP contribution in [-0.4, -0.2) is 73.2 Å². The van der Waals surface area contributed by atoms with Gasteiger partial charge in [-0.25, -0.2) is 8.78 Å². The number of nitrogens with zero attached hydrogens (tertiary/aromatic N) is 3. The maximum atomic E-state index is 14.2. The molecule has 1 N–H and O–H groups in total. The lowest BCUT2D eigenvalue weighted by atomic mass is 9.87. The molecule has 0 spiro atoms. The van der Waals surface area contributed by atoms with Gasteiger partial charge < -0.3 is 10.0 Å². The second-order valence-corrected chi connectivity index (χ2v) is 8.34. The Labute approximate surface area is 181 Å². The van der Waals surface area contributed by atoms with Crippen molar-refractivity contribution in [2.75, 3.05) is 57.3 Å². The van der Waals surface area contributed by atoms with Crippen LogP contribution in [0.4, 0.5) is 14.5 Å². The smallest absolute Gasteiger partial charge is 0.241 e. The van der Waals surface area contributed by atoms with E-state index in [0.29, 0.717) is 25.3 Å². The molecule has 2 aliphatic rings. The molecule has 0 bridgehead atoms. The van der Waals surface area contributed by atoms with Crippen LogP contribution in [0.2, 0.25) is 0 Å². The molecule has 7 heteroatoms. The second-order valence-electron chi connectivity index (χ2n) is 8.34. The first-order chi connectivity index (χ1) is 15.0. The summed E-state index contributed by atoms with van der Waals surface area (Å²) >= 11 is 0. The number of halogens is 2. The summed E-state index contributed by atoms with van der Waals surface area (Å²) < 4.78 is 27.6. The van der Waals surface area contributed by atoms with Crippen LogP contribution in [0.25, 0.3) is 0 Å². The fourth-order valence-electron chi connectivity index (χ4n) is 4.66. The summed E-state index contributed by atoms with van der Waals surface area (Å²) in [6.07, 6.45) is 1.60. The number of carbonyl (C=O) groups excluding carboxylic acids is 1. The Balaban J connectivity index is 1.54. The average Bonchev–Trinajstić information content (AvgIpc) is 2.95. The van der Waals surface area contributed by atoms with Gasteiger partial charge in [0.1, 0.15) is 11.6 Å². The summed E-state index contributed by atoms with van der Waals surface area (Å²) in [5.41, 5.74) is 2.51. The number of amides is 1. The standard InChI is InChI=1S/C24H29F2N3O2/c25-19-5-3-18(4-6-19)21-2-1-9-29(23-16-20(26)7-8-22(21)23)24(31)17-28-12-10-27(11-13-28)14-15-30/h3-8,16,21,30H,1-2,9-15,17H2/t21-/m1/s1. The number of aliphatic hydroxyl groups is 1. The zero-order valence-electron chi connectivity index (χ0n) is 17.6. The number of hydrogen-bond acceptors (Lipinski definition) is 4. The summed E-state index contributed by atoms with van der Waals surface area (Å²) in [4.78, 5) is 19.3. The number of fused-ring (bicyclic) bond motifs is 1. The highest BCUT2D eigenvalue weighted by molar-refractivity contribution is 5.96. The molecule has 0 aliphatic carbocycles.